The van der Waals surface area contributed by atoms with E-state index in [-0.39, 0.29) is 11.6 Å². The quantitative estimate of drug-likeness (QED) is 0.579. The van der Waals surface area contributed by atoms with Gasteiger partial charge in [0.2, 0.25) is 6.08 Å². The molecule has 90 valence electrons. The highest BCUT2D eigenvalue weighted by Gasteiger charge is 2.26. The van der Waals surface area contributed by atoms with Gasteiger partial charge < -0.3 is 4.74 Å². The number of hydrogen-bond donors (Lipinski definition) is 0. The Morgan fingerprint density at radius 3 is 2.94 bits per heavy atom. The molecule has 1 unspecified atom stereocenters. The summed E-state index contributed by atoms with van der Waals surface area (Å²) in [5, 5.41) is 0. The highest BCUT2D eigenvalue weighted by Crippen LogP contribution is 2.34. The summed E-state index contributed by atoms with van der Waals surface area (Å²) in [6.45, 7) is 6.09. The molecule has 1 aromatic carbocycles. The highest BCUT2D eigenvalue weighted by molar-refractivity contribution is 5.42. The van der Waals surface area contributed by atoms with E-state index in [1.54, 1.807) is 6.08 Å². The lowest BCUT2D eigenvalue weighted by Gasteiger charge is -2.32. The lowest BCUT2D eigenvalue weighted by Crippen LogP contribution is -2.32. The first kappa shape index (κ1) is 11.9. The lowest BCUT2D eigenvalue weighted by atomic mass is 9.92. The normalized spacial score (nSPS) is 18.5. The fourth-order valence-corrected chi connectivity index (χ4v) is 2.09. The van der Waals surface area contributed by atoms with Gasteiger partial charge in [-0.3, -0.25) is 0 Å². The van der Waals surface area contributed by atoms with Crippen molar-refractivity contribution in [2.45, 2.75) is 45.3 Å². The van der Waals surface area contributed by atoms with Crippen molar-refractivity contribution in [3.05, 3.63) is 29.3 Å². The van der Waals surface area contributed by atoms with Crippen LogP contribution in [0.1, 0.15) is 44.4 Å². The molecule has 1 aliphatic rings. The second-order valence-electron chi connectivity index (χ2n) is 5.13. The third-order valence-corrected chi connectivity index (χ3v) is 3.20. The zero-order valence-corrected chi connectivity index (χ0v) is 10.5. The summed E-state index contributed by atoms with van der Waals surface area (Å²) in [6, 6.07) is 5.89. The van der Waals surface area contributed by atoms with E-state index in [2.05, 4.69) is 24.9 Å². The molecule has 0 saturated heterocycles. The van der Waals surface area contributed by atoms with E-state index in [0.29, 0.717) is 0 Å². The maximum absolute atomic E-state index is 10.2. The molecule has 1 atom stereocenters. The molecular weight excluding hydrogens is 214 g/mol. The molecule has 0 aromatic heterocycles. The number of carbonyl (C=O) groups excluding carboxylic acids is 1. The van der Waals surface area contributed by atoms with E-state index < -0.39 is 0 Å². The third kappa shape index (κ3) is 2.56. The number of fused-ring (bicyclic) bond motifs is 1. The molecule has 0 saturated carbocycles. The average Bonchev–Trinajstić information content (AvgIpc) is 2.27. The van der Waals surface area contributed by atoms with Crippen LogP contribution >= 0.6 is 0 Å². The first-order valence-corrected chi connectivity index (χ1v) is 5.91. The first-order valence-electron chi connectivity index (χ1n) is 5.91. The second-order valence-corrected chi connectivity index (χ2v) is 5.13. The van der Waals surface area contributed by atoms with Crippen LogP contribution in [0.2, 0.25) is 0 Å². The number of aryl methyl sites for hydroxylation is 1. The third-order valence-electron chi connectivity index (χ3n) is 3.20. The van der Waals surface area contributed by atoms with E-state index in [1.807, 2.05) is 19.1 Å². The topological polar surface area (TPSA) is 38.7 Å². The average molecular weight is 231 g/mol. The van der Waals surface area contributed by atoms with Crippen LogP contribution in [0.5, 0.6) is 5.75 Å². The highest BCUT2D eigenvalue weighted by atomic mass is 16.5. The standard InChI is InChI=1S/C14H17NO2/c1-10(15-9-16)11-4-5-13-12(8-11)6-7-14(2,3)17-13/h4-5,8,10H,6-7H2,1-3H3. The fourth-order valence-electron chi connectivity index (χ4n) is 2.09. The predicted molar refractivity (Wildman–Crippen MR) is 66.0 cm³/mol. The molecule has 3 heteroatoms. The van der Waals surface area contributed by atoms with E-state index >= 15 is 0 Å². The number of hydrogen-bond acceptors (Lipinski definition) is 3. The van der Waals surface area contributed by atoms with Crippen LogP contribution in [-0.4, -0.2) is 11.7 Å². The molecule has 0 radical (unpaired) electrons. The summed E-state index contributed by atoms with van der Waals surface area (Å²) in [7, 11) is 0. The zero-order valence-electron chi connectivity index (χ0n) is 10.5. The summed E-state index contributed by atoms with van der Waals surface area (Å²) < 4.78 is 5.91. The molecule has 2 rings (SSSR count). The van der Waals surface area contributed by atoms with Crippen LogP contribution in [-0.2, 0) is 11.2 Å². The molecule has 1 aromatic rings. The van der Waals surface area contributed by atoms with Gasteiger partial charge in [-0.25, -0.2) is 4.79 Å². The van der Waals surface area contributed by atoms with Gasteiger partial charge in [0.1, 0.15) is 11.4 Å². The maximum atomic E-state index is 10.2. The van der Waals surface area contributed by atoms with Crippen LogP contribution in [0.4, 0.5) is 0 Å². The molecule has 0 amide bonds. The Labute approximate surface area is 102 Å². The maximum Gasteiger partial charge on any atom is 0.235 e. The summed E-state index contributed by atoms with van der Waals surface area (Å²) >= 11 is 0. The van der Waals surface area contributed by atoms with Gasteiger partial charge in [0, 0.05) is 0 Å². The Bertz CT molecular complexity index is 473. The number of rotatable bonds is 2. The number of benzene rings is 1. The van der Waals surface area contributed by atoms with Crippen molar-refractivity contribution >= 4 is 6.08 Å². The fraction of sp³-hybridized carbons (Fsp3) is 0.500. The van der Waals surface area contributed by atoms with Crippen LogP contribution < -0.4 is 4.74 Å². The zero-order chi connectivity index (χ0) is 12.5. The van der Waals surface area contributed by atoms with Crippen molar-refractivity contribution in [3.63, 3.8) is 0 Å². The number of aliphatic imine (C=N–C) groups is 1. The largest absolute Gasteiger partial charge is 0.488 e. The van der Waals surface area contributed by atoms with Crippen molar-refractivity contribution in [2.24, 2.45) is 4.99 Å². The number of isocyanates is 1. The van der Waals surface area contributed by atoms with Gasteiger partial charge >= 0.3 is 0 Å². The minimum Gasteiger partial charge on any atom is -0.488 e. The van der Waals surface area contributed by atoms with Gasteiger partial charge in [0.15, 0.2) is 0 Å². The molecular formula is C14H17NO2. The smallest absolute Gasteiger partial charge is 0.235 e. The van der Waals surface area contributed by atoms with Crippen molar-refractivity contribution in [1.29, 1.82) is 0 Å². The Hall–Kier alpha value is -1.60. The van der Waals surface area contributed by atoms with Gasteiger partial charge in [0.05, 0.1) is 6.04 Å². The van der Waals surface area contributed by atoms with Crippen molar-refractivity contribution in [1.82, 2.24) is 0 Å². The Kier molecular flexibility index (Phi) is 3.03. The predicted octanol–water partition coefficient (Wildman–Crippen LogP) is 3.19. The van der Waals surface area contributed by atoms with Crippen molar-refractivity contribution in [3.8, 4) is 5.75 Å². The Morgan fingerprint density at radius 1 is 1.47 bits per heavy atom. The minimum absolute atomic E-state index is 0.0823. The van der Waals surface area contributed by atoms with E-state index in [9.17, 15) is 4.79 Å². The van der Waals surface area contributed by atoms with Crippen LogP contribution in [0.25, 0.3) is 0 Å². The molecule has 0 N–H and O–H groups in total. The minimum atomic E-state index is -0.132. The van der Waals surface area contributed by atoms with Crippen LogP contribution in [0.15, 0.2) is 23.2 Å². The van der Waals surface area contributed by atoms with Crippen molar-refractivity contribution < 1.29 is 9.53 Å². The number of nitrogens with zero attached hydrogens (tertiary/aromatic N) is 1. The summed E-state index contributed by atoms with van der Waals surface area (Å²) in [4.78, 5) is 14.0. The molecule has 0 spiro atoms. The van der Waals surface area contributed by atoms with Crippen LogP contribution in [0, 0.1) is 0 Å². The molecule has 0 aliphatic carbocycles. The first-order chi connectivity index (χ1) is 8.02. The monoisotopic (exact) mass is 231 g/mol. The molecule has 1 heterocycles. The molecule has 17 heavy (non-hydrogen) atoms. The van der Waals surface area contributed by atoms with E-state index in [1.165, 1.54) is 5.56 Å². The van der Waals surface area contributed by atoms with Gasteiger partial charge in [-0.05, 0) is 56.9 Å². The summed E-state index contributed by atoms with van der Waals surface area (Å²) in [5.41, 5.74) is 2.16. The molecule has 3 nitrogen and oxygen atoms in total. The molecule has 0 fully saturated rings. The van der Waals surface area contributed by atoms with E-state index in [4.69, 9.17) is 4.74 Å². The lowest BCUT2D eigenvalue weighted by molar-refractivity contribution is 0.0846. The summed E-state index contributed by atoms with van der Waals surface area (Å²) in [6.07, 6.45) is 3.62. The van der Waals surface area contributed by atoms with Gasteiger partial charge in [0.25, 0.3) is 0 Å². The van der Waals surface area contributed by atoms with Gasteiger partial charge in [-0.2, -0.15) is 4.99 Å². The van der Waals surface area contributed by atoms with Crippen molar-refractivity contribution in [2.75, 3.05) is 0 Å². The van der Waals surface area contributed by atoms with Crippen LogP contribution in [0.3, 0.4) is 0 Å². The van der Waals surface area contributed by atoms with Gasteiger partial charge in [-0.15, -0.1) is 0 Å². The summed E-state index contributed by atoms with van der Waals surface area (Å²) in [5.74, 6) is 0.951. The molecule has 1 aliphatic heterocycles. The second kappa shape index (κ2) is 4.34. The van der Waals surface area contributed by atoms with E-state index in [0.717, 1.165) is 24.2 Å². The molecule has 0 bridgehead atoms. The van der Waals surface area contributed by atoms with Gasteiger partial charge in [-0.1, -0.05) is 6.07 Å². The Balaban J connectivity index is 2.30. The SMILES string of the molecule is CC(N=C=O)c1ccc2c(c1)CCC(C)(C)O2. The number of ether oxygens (including phenoxy) is 1. The Morgan fingerprint density at radius 2 is 2.24 bits per heavy atom.